The van der Waals surface area contributed by atoms with Crippen LogP contribution >= 0.6 is 0 Å². The molecular weight excluding hydrogens is 324 g/mol. The summed E-state index contributed by atoms with van der Waals surface area (Å²) in [5, 5.41) is 0. The molecule has 0 saturated heterocycles. The molecule has 6 nitrogen and oxygen atoms in total. The van der Waals surface area contributed by atoms with Gasteiger partial charge >= 0.3 is 5.97 Å². The summed E-state index contributed by atoms with van der Waals surface area (Å²) < 4.78 is 26.4. The summed E-state index contributed by atoms with van der Waals surface area (Å²) in [5.74, 6) is 2.09. The van der Waals surface area contributed by atoms with Gasteiger partial charge in [-0.2, -0.15) is 0 Å². The van der Waals surface area contributed by atoms with Gasteiger partial charge in [-0.1, -0.05) is 0 Å². The number of esters is 1. The van der Waals surface area contributed by atoms with Gasteiger partial charge in [-0.25, -0.2) is 4.79 Å². The van der Waals surface area contributed by atoms with Crippen LogP contribution in [0.15, 0.2) is 36.4 Å². The minimum absolute atomic E-state index is 0.371. The molecule has 2 rings (SSSR count). The molecule has 0 unspecified atom stereocenters. The van der Waals surface area contributed by atoms with E-state index >= 15 is 0 Å². The number of hydrogen-bond acceptors (Lipinski definition) is 6. The smallest absolute Gasteiger partial charge is 0.337 e. The number of carbonyl (C=O) groups is 1. The van der Waals surface area contributed by atoms with Crippen molar-refractivity contribution in [2.45, 2.75) is 6.42 Å². The predicted molar refractivity (Wildman–Crippen MR) is 93.1 cm³/mol. The van der Waals surface area contributed by atoms with Crippen molar-refractivity contribution < 1.29 is 28.5 Å². The third-order valence-corrected chi connectivity index (χ3v) is 3.66. The first-order valence-corrected chi connectivity index (χ1v) is 7.73. The third-order valence-electron chi connectivity index (χ3n) is 3.66. The van der Waals surface area contributed by atoms with Gasteiger partial charge in [-0.3, -0.25) is 0 Å². The van der Waals surface area contributed by atoms with Crippen molar-refractivity contribution in [3.8, 4) is 23.0 Å². The van der Waals surface area contributed by atoms with Crippen molar-refractivity contribution in [2.75, 3.05) is 35.0 Å². The molecule has 0 atom stereocenters. The second-order valence-electron chi connectivity index (χ2n) is 5.15. The second-order valence-corrected chi connectivity index (χ2v) is 5.15. The molecule has 0 saturated carbocycles. The molecule has 0 aliphatic rings. The van der Waals surface area contributed by atoms with E-state index in [2.05, 4.69) is 4.74 Å². The summed E-state index contributed by atoms with van der Waals surface area (Å²) in [5.41, 5.74) is 1.49. The molecule has 0 aliphatic heterocycles. The molecular formula is C19H22O6. The number of methoxy groups -OCH3 is 4. The highest BCUT2D eigenvalue weighted by atomic mass is 16.5. The van der Waals surface area contributed by atoms with E-state index < -0.39 is 0 Å². The SMILES string of the molecule is COC(=O)c1ccc(OCCc2cc(OC)c(OC)c(OC)c2)cc1. The Bertz CT molecular complexity index is 683. The van der Waals surface area contributed by atoms with Crippen molar-refractivity contribution in [3.05, 3.63) is 47.5 Å². The van der Waals surface area contributed by atoms with E-state index in [0.29, 0.717) is 41.6 Å². The van der Waals surface area contributed by atoms with E-state index in [4.69, 9.17) is 18.9 Å². The van der Waals surface area contributed by atoms with Crippen LogP contribution in [0.3, 0.4) is 0 Å². The minimum atomic E-state index is -0.371. The maximum absolute atomic E-state index is 11.4. The van der Waals surface area contributed by atoms with Gasteiger partial charge in [0.2, 0.25) is 5.75 Å². The molecule has 2 aromatic carbocycles. The van der Waals surface area contributed by atoms with Crippen molar-refractivity contribution in [2.24, 2.45) is 0 Å². The van der Waals surface area contributed by atoms with Crippen molar-refractivity contribution in [3.63, 3.8) is 0 Å². The lowest BCUT2D eigenvalue weighted by atomic mass is 10.1. The first-order valence-electron chi connectivity index (χ1n) is 7.73. The van der Waals surface area contributed by atoms with Crippen LogP contribution in [0.2, 0.25) is 0 Å². The average Bonchev–Trinajstić information content (AvgIpc) is 2.66. The lowest BCUT2D eigenvalue weighted by molar-refractivity contribution is 0.0600. The van der Waals surface area contributed by atoms with Gasteiger partial charge in [-0.05, 0) is 42.0 Å². The van der Waals surface area contributed by atoms with Gasteiger partial charge < -0.3 is 23.7 Å². The Labute approximate surface area is 147 Å². The highest BCUT2D eigenvalue weighted by molar-refractivity contribution is 5.89. The molecule has 0 aliphatic carbocycles. The van der Waals surface area contributed by atoms with E-state index in [1.807, 2.05) is 12.1 Å². The lowest BCUT2D eigenvalue weighted by Crippen LogP contribution is -2.04. The van der Waals surface area contributed by atoms with Crippen molar-refractivity contribution >= 4 is 5.97 Å². The Morgan fingerprint density at radius 3 is 1.96 bits per heavy atom. The largest absolute Gasteiger partial charge is 0.493 e. The Morgan fingerprint density at radius 1 is 0.880 bits per heavy atom. The first-order chi connectivity index (χ1) is 12.1. The molecule has 2 aromatic rings. The van der Waals surface area contributed by atoms with Gasteiger partial charge in [0.05, 0.1) is 40.6 Å². The van der Waals surface area contributed by atoms with Gasteiger partial charge in [0.25, 0.3) is 0 Å². The zero-order chi connectivity index (χ0) is 18.2. The zero-order valence-corrected chi connectivity index (χ0v) is 14.8. The van der Waals surface area contributed by atoms with Crippen LogP contribution in [0, 0.1) is 0 Å². The van der Waals surface area contributed by atoms with Crippen molar-refractivity contribution in [1.82, 2.24) is 0 Å². The zero-order valence-electron chi connectivity index (χ0n) is 14.8. The molecule has 6 heteroatoms. The summed E-state index contributed by atoms with van der Waals surface area (Å²) >= 11 is 0. The molecule has 0 bridgehead atoms. The van der Waals surface area contributed by atoms with E-state index in [-0.39, 0.29) is 5.97 Å². The van der Waals surface area contributed by atoms with E-state index in [0.717, 1.165) is 5.56 Å². The van der Waals surface area contributed by atoms with E-state index in [9.17, 15) is 4.79 Å². The molecule has 25 heavy (non-hydrogen) atoms. The summed E-state index contributed by atoms with van der Waals surface area (Å²) in [6, 6.07) is 10.6. The molecule has 0 fully saturated rings. The van der Waals surface area contributed by atoms with Crippen LogP contribution in [0.5, 0.6) is 23.0 Å². The maximum Gasteiger partial charge on any atom is 0.337 e. The van der Waals surface area contributed by atoms with Crippen LogP contribution in [-0.2, 0) is 11.2 Å². The molecule has 0 amide bonds. The molecule has 0 radical (unpaired) electrons. The Hall–Kier alpha value is -2.89. The standard InChI is InChI=1S/C19H22O6/c1-21-16-11-13(12-17(22-2)18(16)23-3)9-10-25-15-7-5-14(6-8-15)19(20)24-4/h5-8,11-12H,9-10H2,1-4H3. The molecule has 0 N–H and O–H groups in total. The number of hydrogen-bond donors (Lipinski definition) is 0. The summed E-state index contributed by atoms with van der Waals surface area (Å²) in [4.78, 5) is 11.4. The number of benzene rings is 2. The van der Waals surface area contributed by atoms with Gasteiger partial charge in [0.1, 0.15) is 5.75 Å². The molecule has 0 aromatic heterocycles. The summed E-state index contributed by atoms with van der Waals surface area (Å²) in [7, 11) is 6.09. The number of carbonyl (C=O) groups excluding carboxylic acids is 1. The minimum Gasteiger partial charge on any atom is -0.493 e. The number of rotatable bonds is 8. The Morgan fingerprint density at radius 2 is 1.48 bits per heavy atom. The van der Waals surface area contributed by atoms with Crippen LogP contribution < -0.4 is 18.9 Å². The molecule has 0 heterocycles. The molecule has 134 valence electrons. The van der Waals surface area contributed by atoms with Crippen LogP contribution in [0.25, 0.3) is 0 Å². The summed E-state index contributed by atoms with van der Waals surface area (Å²) in [6.45, 7) is 0.468. The number of ether oxygens (including phenoxy) is 5. The monoisotopic (exact) mass is 346 g/mol. The fraction of sp³-hybridized carbons (Fsp3) is 0.316. The van der Waals surface area contributed by atoms with Gasteiger partial charge in [0, 0.05) is 6.42 Å². The second kappa shape index (κ2) is 8.82. The van der Waals surface area contributed by atoms with E-state index in [1.165, 1.54) is 7.11 Å². The normalized spacial score (nSPS) is 10.1. The Kier molecular flexibility index (Phi) is 6.51. The quantitative estimate of drug-likeness (QED) is 0.685. The predicted octanol–water partition coefficient (Wildman–Crippen LogP) is 3.12. The van der Waals surface area contributed by atoms with Crippen LogP contribution in [0.1, 0.15) is 15.9 Å². The van der Waals surface area contributed by atoms with Gasteiger partial charge in [-0.15, -0.1) is 0 Å². The van der Waals surface area contributed by atoms with Crippen molar-refractivity contribution in [1.29, 1.82) is 0 Å². The lowest BCUT2D eigenvalue weighted by Gasteiger charge is -2.14. The fourth-order valence-electron chi connectivity index (χ4n) is 2.37. The highest BCUT2D eigenvalue weighted by Crippen LogP contribution is 2.38. The topological polar surface area (TPSA) is 63.2 Å². The maximum atomic E-state index is 11.4. The molecule has 0 spiro atoms. The summed E-state index contributed by atoms with van der Waals surface area (Å²) in [6.07, 6.45) is 0.662. The fourth-order valence-corrected chi connectivity index (χ4v) is 2.37. The Balaban J connectivity index is 2.00. The highest BCUT2D eigenvalue weighted by Gasteiger charge is 2.13. The van der Waals surface area contributed by atoms with E-state index in [1.54, 1.807) is 45.6 Å². The van der Waals surface area contributed by atoms with Gasteiger partial charge in [0.15, 0.2) is 11.5 Å². The third kappa shape index (κ3) is 4.56. The van der Waals surface area contributed by atoms with Crippen LogP contribution in [0.4, 0.5) is 0 Å². The van der Waals surface area contributed by atoms with Crippen LogP contribution in [-0.4, -0.2) is 41.0 Å². The average molecular weight is 346 g/mol. The first kappa shape index (κ1) is 18.4.